The Morgan fingerprint density at radius 1 is 1.30 bits per heavy atom. The fourth-order valence-electron chi connectivity index (χ4n) is 3.26. The molecule has 0 N–H and O–H groups in total. The summed E-state index contributed by atoms with van der Waals surface area (Å²) in [6, 6.07) is 2.97. The van der Waals surface area contributed by atoms with E-state index in [2.05, 4.69) is 35.4 Å². The number of aromatic nitrogens is 3. The maximum absolute atomic E-state index is 6.13. The summed E-state index contributed by atoms with van der Waals surface area (Å²) in [7, 11) is 0. The van der Waals surface area contributed by atoms with E-state index in [9.17, 15) is 0 Å². The van der Waals surface area contributed by atoms with E-state index in [1.807, 2.05) is 12.3 Å². The van der Waals surface area contributed by atoms with Gasteiger partial charge in [-0.25, -0.2) is 14.6 Å². The second-order valence-corrected chi connectivity index (χ2v) is 6.05. The number of aryl methyl sites for hydroxylation is 1. The molecule has 1 saturated heterocycles. The molecule has 0 bridgehead atoms. The Balaban J connectivity index is 2.21. The summed E-state index contributed by atoms with van der Waals surface area (Å²) in [5.74, 6) is 1.30. The summed E-state index contributed by atoms with van der Waals surface area (Å²) < 4.78 is 2.16. The van der Waals surface area contributed by atoms with Gasteiger partial charge in [-0.2, -0.15) is 0 Å². The van der Waals surface area contributed by atoms with Crippen molar-refractivity contribution in [3.8, 4) is 0 Å². The Morgan fingerprint density at radius 3 is 2.65 bits per heavy atom. The Morgan fingerprint density at radius 2 is 2.00 bits per heavy atom. The van der Waals surface area contributed by atoms with Crippen LogP contribution in [0.25, 0.3) is 11.2 Å². The van der Waals surface area contributed by atoms with Gasteiger partial charge in [0.25, 0.3) is 0 Å². The molecule has 1 fully saturated rings. The Labute approximate surface area is 124 Å². The number of fused-ring (bicyclic) bond motifs is 1. The number of pyridine rings is 1. The number of hydrogen-bond donors (Lipinski definition) is 0. The van der Waals surface area contributed by atoms with Gasteiger partial charge in [0.05, 0.1) is 5.88 Å². The SMILES string of the molecule is Cc1ccnc2c1nc(CCl)n2N1C(C)CCCC1C. The highest BCUT2D eigenvalue weighted by Crippen LogP contribution is 2.26. The molecule has 1 aliphatic heterocycles. The van der Waals surface area contributed by atoms with Crippen LogP contribution in [0.5, 0.6) is 0 Å². The molecule has 2 aromatic rings. The Bertz CT molecular complexity index is 612. The van der Waals surface area contributed by atoms with Crippen LogP contribution in [0.4, 0.5) is 0 Å². The van der Waals surface area contributed by atoms with Gasteiger partial charge >= 0.3 is 0 Å². The second kappa shape index (κ2) is 5.24. The van der Waals surface area contributed by atoms with E-state index < -0.39 is 0 Å². The molecule has 2 aromatic heterocycles. The zero-order valence-corrected chi connectivity index (χ0v) is 13.1. The maximum Gasteiger partial charge on any atom is 0.179 e. The molecule has 3 rings (SSSR count). The monoisotopic (exact) mass is 292 g/mol. The average molecular weight is 293 g/mol. The molecule has 5 heteroatoms. The lowest BCUT2D eigenvalue weighted by Gasteiger charge is -2.41. The molecule has 20 heavy (non-hydrogen) atoms. The fraction of sp³-hybridized carbons (Fsp3) is 0.600. The molecule has 4 nitrogen and oxygen atoms in total. The minimum atomic E-state index is 0.408. The summed E-state index contributed by atoms with van der Waals surface area (Å²) in [5, 5.41) is 2.41. The van der Waals surface area contributed by atoms with E-state index in [1.54, 1.807) is 0 Å². The van der Waals surface area contributed by atoms with Crippen molar-refractivity contribution in [1.82, 2.24) is 14.6 Å². The van der Waals surface area contributed by atoms with E-state index in [1.165, 1.54) is 19.3 Å². The van der Waals surface area contributed by atoms with E-state index in [4.69, 9.17) is 16.6 Å². The highest BCUT2D eigenvalue weighted by atomic mass is 35.5. The first-order chi connectivity index (χ1) is 9.63. The molecule has 0 spiro atoms. The number of nitrogens with zero attached hydrogens (tertiary/aromatic N) is 4. The minimum absolute atomic E-state index is 0.408. The van der Waals surface area contributed by atoms with Crippen LogP contribution in [0.15, 0.2) is 12.3 Å². The number of rotatable bonds is 2. The summed E-state index contributed by atoms with van der Waals surface area (Å²) in [4.78, 5) is 9.26. The lowest BCUT2D eigenvalue weighted by molar-refractivity contribution is 0.336. The zero-order chi connectivity index (χ0) is 14.3. The Hall–Kier alpha value is -1.29. The second-order valence-electron chi connectivity index (χ2n) is 5.78. The van der Waals surface area contributed by atoms with Crippen LogP contribution in [0.2, 0.25) is 0 Å². The predicted molar refractivity (Wildman–Crippen MR) is 82.8 cm³/mol. The molecule has 3 heterocycles. The summed E-state index contributed by atoms with van der Waals surface area (Å²) in [5.41, 5.74) is 3.05. The van der Waals surface area contributed by atoms with Crippen LogP contribution in [0.3, 0.4) is 0 Å². The molecule has 0 amide bonds. The van der Waals surface area contributed by atoms with Gasteiger partial charge in [-0.05, 0) is 51.7 Å². The fourth-order valence-corrected chi connectivity index (χ4v) is 3.43. The van der Waals surface area contributed by atoms with Crippen molar-refractivity contribution >= 4 is 22.8 Å². The molecule has 108 valence electrons. The van der Waals surface area contributed by atoms with Crippen LogP contribution < -0.4 is 5.01 Å². The average Bonchev–Trinajstić information content (AvgIpc) is 2.79. The van der Waals surface area contributed by atoms with Crippen LogP contribution in [0, 0.1) is 6.92 Å². The standard InChI is InChI=1S/C15H21ClN4/c1-10-7-8-17-15-14(10)18-13(9-16)20(15)19-11(2)5-4-6-12(19)3/h7-8,11-12H,4-6,9H2,1-3H3. The first-order valence-corrected chi connectivity index (χ1v) is 7.84. The number of piperidine rings is 1. The van der Waals surface area contributed by atoms with Crippen molar-refractivity contribution in [2.75, 3.05) is 5.01 Å². The number of imidazole rings is 1. The zero-order valence-electron chi connectivity index (χ0n) is 12.3. The third kappa shape index (κ3) is 2.06. The van der Waals surface area contributed by atoms with Gasteiger partial charge in [0.2, 0.25) is 0 Å². The molecule has 2 atom stereocenters. The van der Waals surface area contributed by atoms with E-state index in [0.29, 0.717) is 18.0 Å². The van der Waals surface area contributed by atoms with E-state index in [0.717, 1.165) is 22.6 Å². The normalized spacial score (nSPS) is 23.5. The van der Waals surface area contributed by atoms with Crippen molar-refractivity contribution in [3.05, 3.63) is 23.7 Å². The summed E-state index contributed by atoms with van der Waals surface area (Å²) in [6.07, 6.45) is 5.55. The molecule has 2 unspecified atom stereocenters. The molecule has 1 aliphatic rings. The smallest absolute Gasteiger partial charge is 0.179 e. The Kier molecular flexibility index (Phi) is 3.59. The van der Waals surface area contributed by atoms with Gasteiger partial charge in [0.15, 0.2) is 5.65 Å². The van der Waals surface area contributed by atoms with Gasteiger partial charge in [-0.3, -0.25) is 0 Å². The van der Waals surface area contributed by atoms with Gasteiger partial charge in [-0.15, -0.1) is 11.6 Å². The van der Waals surface area contributed by atoms with Crippen molar-refractivity contribution in [2.24, 2.45) is 0 Å². The third-order valence-electron chi connectivity index (χ3n) is 4.29. The highest BCUT2D eigenvalue weighted by Gasteiger charge is 2.28. The molecular formula is C15H21ClN4. The highest BCUT2D eigenvalue weighted by molar-refractivity contribution is 6.16. The first-order valence-electron chi connectivity index (χ1n) is 7.31. The van der Waals surface area contributed by atoms with Crippen LogP contribution in [0.1, 0.15) is 44.5 Å². The quantitative estimate of drug-likeness (QED) is 0.796. The lowest BCUT2D eigenvalue weighted by atomic mass is 10.00. The van der Waals surface area contributed by atoms with Gasteiger partial charge in [-0.1, -0.05) is 0 Å². The third-order valence-corrected chi connectivity index (χ3v) is 4.53. The van der Waals surface area contributed by atoms with Crippen molar-refractivity contribution < 1.29 is 0 Å². The van der Waals surface area contributed by atoms with Crippen LogP contribution in [-0.2, 0) is 5.88 Å². The van der Waals surface area contributed by atoms with Gasteiger partial charge in [0.1, 0.15) is 11.3 Å². The van der Waals surface area contributed by atoms with Gasteiger partial charge in [0, 0.05) is 18.3 Å². The van der Waals surface area contributed by atoms with Crippen molar-refractivity contribution in [3.63, 3.8) is 0 Å². The number of alkyl halides is 1. The van der Waals surface area contributed by atoms with Crippen LogP contribution >= 0.6 is 11.6 Å². The topological polar surface area (TPSA) is 34.0 Å². The van der Waals surface area contributed by atoms with E-state index >= 15 is 0 Å². The predicted octanol–water partition coefficient (Wildman–Crippen LogP) is 3.38. The largest absolute Gasteiger partial charge is 0.304 e. The summed E-state index contributed by atoms with van der Waals surface area (Å²) >= 11 is 6.13. The molecular weight excluding hydrogens is 272 g/mol. The number of hydrogen-bond acceptors (Lipinski definition) is 3. The molecule has 0 radical (unpaired) electrons. The molecule has 0 aliphatic carbocycles. The maximum atomic E-state index is 6.13. The van der Waals surface area contributed by atoms with Crippen molar-refractivity contribution in [2.45, 2.75) is 58.0 Å². The first kappa shape index (κ1) is 13.7. The molecule has 0 saturated carbocycles. The van der Waals surface area contributed by atoms with Crippen molar-refractivity contribution in [1.29, 1.82) is 0 Å². The summed E-state index contributed by atoms with van der Waals surface area (Å²) in [6.45, 7) is 6.62. The number of halogens is 1. The van der Waals surface area contributed by atoms with Crippen LogP contribution in [-0.4, -0.2) is 26.7 Å². The van der Waals surface area contributed by atoms with Gasteiger partial charge < -0.3 is 5.01 Å². The molecule has 0 aromatic carbocycles. The lowest BCUT2D eigenvalue weighted by Crippen LogP contribution is -2.51. The minimum Gasteiger partial charge on any atom is -0.304 e. The van der Waals surface area contributed by atoms with E-state index in [-0.39, 0.29) is 0 Å².